The van der Waals surface area contributed by atoms with E-state index in [1.165, 1.54) is 12.8 Å². The Morgan fingerprint density at radius 2 is 2.11 bits per heavy atom. The van der Waals surface area contributed by atoms with E-state index in [1.807, 2.05) is 30.9 Å². The van der Waals surface area contributed by atoms with Gasteiger partial charge in [-0.3, -0.25) is 0 Å². The molecule has 0 bridgehead atoms. The number of hydrogen-bond donors (Lipinski definition) is 1. The summed E-state index contributed by atoms with van der Waals surface area (Å²) in [6.45, 7) is 2.65. The van der Waals surface area contributed by atoms with E-state index in [9.17, 15) is 4.39 Å². The smallest absolute Gasteiger partial charge is 0.129 e. The quantitative estimate of drug-likeness (QED) is 0.904. The second kappa shape index (κ2) is 6.43. The van der Waals surface area contributed by atoms with E-state index in [4.69, 9.17) is 0 Å². The van der Waals surface area contributed by atoms with Crippen molar-refractivity contribution in [3.63, 3.8) is 0 Å². The summed E-state index contributed by atoms with van der Waals surface area (Å²) >= 11 is 1.95. The van der Waals surface area contributed by atoms with E-state index >= 15 is 0 Å². The molecule has 0 radical (unpaired) electrons. The number of piperidine rings is 1. The predicted octanol–water partition coefficient (Wildman–Crippen LogP) is 2.88. The number of nitrogens with zero attached hydrogens (tertiary/aromatic N) is 1. The highest BCUT2D eigenvalue weighted by Gasteiger charge is 2.21. The van der Waals surface area contributed by atoms with Crippen molar-refractivity contribution >= 4 is 17.4 Å². The van der Waals surface area contributed by atoms with E-state index in [1.54, 1.807) is 6.07 Å². The summed E-state index contributed by atoms with van der Waals surface area (Å²) in [6, 6.07) is 5.39. The van der Waals surface area contributed by atoms with Crippen LogP contribution in [0.3, 0.4) is 0 Å². The molecule has 1 N–H and O–H groups in total. The normalized spacial score (nSPS) is 17.2. The fourth-order valence-corrected chi connectivity index (χ4v) is 3.21. The minimum Gasteiger partial charge on any atom is -0.371 e. The fraction of sp³-hybridized carbons (Fsp3) is 0.571. The molecule has 1 aliphatic heterocycles. The van der Waals surface area contributed by atoms with E-state index in [2.05, 4.69) is 16.5 Å². The van der Waals surface area contributed by atoms with Crippen LogP contribution in [0.1, 0.15) is 18.4 Å². The summed E-state index contributed by atoms with van der Waals surface area (Å²) in [7, 11) is 1.86. The Morgan fingerprint density at radius 3 is 2.72 bits per heavy atom. The average Bonchev–Trinajstić information content (AvgIpc) is 2.41. The van der Waals surface area contributed by atoms with Crippen LogP contribution >= 0.6 is 11.8 Å². The maximum Gasteiger partial charge on any atom is 0.129 e. The largest absolute Gasteiger partial charge is 0.371 e. The van der Waals surface area contributed by atoms with Crippen LogP contribution in [0.15, 0.2) is 18.2 Å². The molecule has 1 saturated heterocycles. The van der Waals surface area contributed by atoms with Gasteiger partial charge in [-0.1, -0.05) is 6.07 Å². The molecule has 0 saturated carbocycles. The fourth-order valence-electron chi connectivity index (χ4n) is 2.53. The summed E-state index contributed by atoms with van der Waals surface area (Å²) in [5.41, 5.74) is 1.85. The topological polar surface area (TPSA) is 15.3 Å². The van der Waals surface area contributed by atoms with Gasteiger partial charge in [0, 0.05) is 36.1 Å². The summed E-state index contributed by atoms with van der Waals surface area (Å²) in [5.74, 6) is -0.103. The molecule has 1 fully saturated rings. The summed E-state index contributed by atoms with van der Waals surface area (Å²) in [6.07, 6.45) is 4.56. The van der Waals surface area contributed by atoms with Crippen LogP contribution in [0.4, 0.5) is 10.1 Å². The second-order valence-electron chi connectivity index (χ2n) is 4.69. The van der Waals surface area contributed by atoms with Gasteiger partial charge in [0.15, 0.2) is 0 Å². The molecular formula is C14H21FN2S. The summed E-state index contributed by atoms with van der Waals surface area (Å²) in [4.78, 5) is 2.32. The van der Waals surface area contributed by atoms with Gasteiger partial charge in [-0.15, -0.1) is 0 Å². The van der Waals surface area contributed by atoms with Gasteiger partial charge in [-0.05, 0) is 38.3 Å². The molecule has 0 amide bonds. The lowest BCUT2D eigenvalue weighted by molar-refractivity contribution is 0.574. The average molecular weight is 268 g/mol. The number of nitrogens with one attached hydrogen (secondary N) is 1. The van der Waals surface area contributed by atoms with E-state index in [-0.39, 0.29) is 5.82 Å². The van der Waals surface area contributed by atoms with Crippen LogP contribution in [0.5, 0.6) is 0 Å². The zero-order valence-corrected chi connectivity index (χ0v) is 11.9. The Labute approximate surface area is 113 Å². The number of anilines is 1. The first kappa shape index (κ1) is 13.7. The predicted molar refractivity (Wildman–Crippen MR) is 77.9 cm³/mol. The molecule has 0 atom stereocenters. The molecule has 4 heteroatoms. The van der Waals surface area contributed by atoms with Crippen molar-refractivity contribution in [3.05, 3.63) is 29.6 Å². The SMILES string of the molecule is CNCc1c(F)cccc1N1CCC(SC)CC1. The van der Waals surface area contributed by atoms with Crippen molar-refractivity contribution in [2.24, 2.45) is 0 Å². The van der Waals surface area contributed by atoms with Crippen LogP contribution in [0.25, 0.3) is 0 Å². The van der Waals surface area contributed by atoms with E-state index in [0.29, 0.717) is 6.54 Å². The van der Waals surface area contributed by atoms with Gasteiger partial charge < -0.3 is 10.2 Å². The monoisotopic (exact) mass is 268 g/mol. The molecular weight excluding hydrogens is 247 g/mol. The lowest BCUT2D eigenvalue weighted by Gasteiger charge is -2.34. The van der Waals surface area contributed by atoms with Gasteiger partial charge >= 0.3 is 0 Å². The number of benzene rings is 1. The van der Waals surface area contributed by atoms with E-state index < -0.39 is 0 Å². The molecule has 1 aliphatic rings. The van der Waals surface area contributed by atoms with E-state index in [0.717, 1.165) is 29.6 Å². The Morgan fingerprint density at radius 1 is 1.39 bits per heavy atom. The van der Waals surface area contributed by atoms with Gasteiger partial charge in [-0.2, -0.15) is 11.8 Å². The maximum absolute atomic E-state index is 13.9. The van der Waals surface area contributed by atoms with Crippen LogP contribution in [-0.2, 0) is 6.54 Å². The van der Waals surface area contributed by atoms with Crippen molar-refractivity contribution in [1.29, 1.82) is 0 Å². The number of hydrogen-bond acceptors (Lipinski definition) is 3. The van der Waals surface area contributed by atoms with Crippen molar-refractivity contribution in [3.8, 4) is 0 Å². The Balaban J connectivity index is 2.15. The van der Waals surface area contributed by atoms with Crippen LogP contribution < -0.4 is 10.2 Å². The van der Waals surface area contributed by atoms with Crippen LogP contribution in [0.2, 0.25) is 0 Å². The summed E-state index contributed by atoms with van der Waals surface area (Å²) in [5, 5.41) is 3.82. The zero-order valence-electron chi connectivity index (χ0n) is 11.1. The Hall–Kier alpha value is -0.740. The third-order valence-electron chi connectivity index (χ3n) is 3.56. The second-order valence-corrected chi connectivity index (χ2v) is 5.83. The van der Waals surface area contributed by atoms with Crippen molar-refractivity contribution in [1.82, 2.24) is 5.32 Å². The number of thioether (sulfide) groups is 1. The third-order valence-corrected chi connectivity index (χ3v) is 4.70. The van der Waals surface area contributed by atoms with Gasteiger partial charge in [0.1, 0.15) is 5.82 Å². The molecule has 100 valence electrons. The number of halogens is 1. The summed E-state index contributed by atoms with van der Waals surface area (Å²) < 4.78 is 13.9. The first-order chi connectivity index (χ1) is 8.76. The van der Waals surface area contributed by atoms with Gasteiger partial charge in [0.05, 0.1) is 0 Å². The molecule has 1 aromatic rings. The molecule has 2 rings (SSSR count). The molecule has 0 unspecified atom stereocenters. The van der Waals surface area contributed by atoms with Crippen LogP contribution in [0, 0.1) is 5.82 Å². The minimum absolute atomic E-state index is 0.103. The third kappa shape index (κ3) is 2.98. The highest BCUT2D eigenvalue weighted by Crippen LogP contribution is 2.29. The Bertz CT molecular complexity index is 389. The lowest BCUT2D eigenvalue weighted by Crippen LogP contribution is -2.35. The molecule has 18 heavy (non-hydrogen) atoms. The highest BCUT2D eigenvalue weighted by atomic mass is 32.2. The molecule has 0 aliphatic carbocycles. The Kier molecular flexibility index (Phi) is 4.89. The first-order valence-electron chi connectivity index (χ1n) is 6.46. The highest BCUT2D eigenvalue weighted by molar-refractivity contribution is 7.99. The molecule has 2 nitrogen and oxygen atoms in total. The molecule has 0 spiro atoms. The van der Waals surface area contributed by atoms with Crippen molar-refractivity contribution in [2.75, 3.05) is 31.3 Å². The molecule has 0 aromatic heterocycles. The standard InChI is InChI=1S/C14H21FN2S/c1-16-10-12-13(15)4-3-5-14(12)17-8-6-11(18-2)7-9-17/h3-5,11,16H,6-10H2,1-2H3. The lowest BCUT2D eigenvalue weighted by atomic mass is 10.1. The van der Waals surface area contributed by atoms with Crippen LogP contribution in [-0.4, -0.2) is 31.6 Å². The molecule has 1 aromatic carbocycles. The van der Waals surface area contributed by atoms with Gasteiger partial charge in [-0.25, -0.2) is 4.39 Å². The first-order valence-corrected chi connectivity index (χ1v) is 7.74. The zero-order chi connectivity index (χ0) is 13.0. The van der Waals surface area contributed by atoms with Gasteiger partial charge in [0.2, 0.25) is 0 Å². The maximum atomic E-state index is 13.9. The van der Waals surface area contributed by atoms with Crippen molar-refractivity contribution in [2.45, 2.75) is 24.6 Å². The molecule has 1 heterocycles. The number of rotatable bonds is 4. The van der Waals surface area contributed by atoms with Crippen molar-refractivity contribution < 1.29 is 4.39 Å². The van der Waals surface area contributed by atoms with Gasteiger partial charge in [0.25, 0.3) is 0 Å². The minimum atomic E-state index is -0.103.